The molecule has 12 heteroatoms. The lowest BCUT2D eigenvalue weighted by atomic mass is 10.1. The zero-order valence-electron chi connectivity index (χ0n) is 19.2. The number of carbonyl (C=O) groups excluding carboxylic acids is 1. The van der Waals surface area contributed by atoms with Crippen LogP contribution in [0.3, 0.4) is 0 Å². The van der Waals surface area contributed by atoms with Crippen LogP contribution in [-0.4, -0.2) is 48.2 Å². The van der Waals surface area contributed by atoms with Crippen molar-refractivity contribution >= 4 is 26.6 Å². The summed E-state index contributed by atoms with van der Waals surface area (Å²) in [5, 5.41) is 3.48. The molecule has 1 aliphatic rings. The van der Waals surface area contributed by atoms with E-state index in [2.05, 4.69) is 25.0 Å². The van der Waals surface area contributed by atoms with Gasteiger partial charge in [-0.25, -0.2) is 18.4 Å². The van der Waals surface area contributed by atoms with Crippen molar-refractivity contribution in [2.24, 2.45) is 0 Å². The van der Waals surface area contributed by atoms with Crippen LogP contribution in [0.2, 0.25) is 0 Å². The second-order valence-electron chi connectivity index (χ2n) is 8.18. The first-order chi connectivity index (χ1) is 17.8. The summed E-state index contributed by atoms with van der Waals surface area (Å²) >= 11 is 0. The van der Waals surface area contributed by atoms with Gasteiger partial charge in [-0.05, 0) is 42.0 Å². The second kappa shape index (κ2) is 10.1. The zero-order valence-corrected chi connectivity index (χ0v) is 20.0. The highest BCUT2D eigenvalue weighted by Gasteiger charge is 2.23. The predicted molar refractivity (Wildman–Crippen MR) is 129 cm³/mol. The van der Waals surface area contributed by atoms with Gasteiger partial charge in [-0.3, -0.25) is 9.78 Å². The highest BCUT2D eigenvalue weighted by atomic mass is 32.2. The van der Waals surface area contributed by atoms with Crippen molar-refractivity contribution in [1.29, 1.82) is 0 Å². The summed E-state index contributed by atoms with van der Waals surface area (Å²) in [6.45, 7) is -2.64. The number of nitrogens with one attached hydrogen (secondary N) is 1. The van der Waals surface area contributed by atoms with E-state index in [-0.39, 0.29) is 41.9 Å². The molecule has 0 spiro atoms. The molecular formula is C25H20F2N4O5S. The maximum Gasteiger partial charge on any atom is 0.388 e. The van der Waals surface area contributed by atoms with Crippen LogP contribution in [-0.2, 0) is 27.7 Å². The predicted octanol–water partition coefficient (Wildman–Crippen LogP) is 3.53. The molecule has 0 unspecified atom stereocenters. The van der Waals surface area contributed by atoms with Gasteiger partial charge in [-0.1, -0.05) is 12.1 Å². The maximum absolute atomic E-state index is 12.8. The van der Waals surface area contributed by atoms with Crippen molar-refractivity contribution in [3.8, 4) is 17.3 Å². The fourth-order valence-corrected chi connectivity index (χ4v) is 5.24. The van der Waals surface area contributed by atoms with Crippen molar-refractivity contribution in [1.82, 2.24) is 20.3 Å². The van der Waals surface area contributed by atoms with Gasteiger partial charge in [0.2, 0.25) is 5.88 Å². The summed E-state index contributed by atoms with van der Waals surface area (Å²) < 4.78 is 59.7. The lowest BCUT2D eigenvalue weighted by molar-refractivity contribution is -0.0527. The Bertz CT molecular complexity index is 1600. The second-order valence-corrected chi connectivity index (χ2v) is 10.3. The quantitative estimate of drug-likeness (QED) is 0.405. The average molecular weight is 527 g/mol. The van der Waals surface area contributed by atoms with Gasteiger partial charge >= 0.3 is 6.61 Å². The summed E-state index contributed by atoms with van der Waals surface area (Å²) in [5.74, 6) is -0.808. The number of fused-ring (bicyclic) bond motifs is 2. The number of rotatable bonds is 6. The number of aromatic nitrogens is 3. The van der Waals surface area contributed by atoms with Crippen molar-refractivity contribution in [2.45, 2.75) is 24.7 Å². The summed E-state index contributed by atoms with van der Waals surface area (Å²) in [6.07, 6.45) is 1.60. The van der Waals surface area contributed by atoms with E-state index in [1.807, 2.05) is 0 Å². The van der Waals surface area contributed by atoms with Gasteiger partial charge in [0.05, 0.1) is 53.0 Å². The molecule has 190 valence electrons. The summed E-state index contributed by atoms with van der Waals surface area (Å²) in [7, 11) is -3.54. The standard InChI is InChI=1S/C25H20F2N4O5S/c26-25(27)36-23-3-1-2-19(31-23)20-7-6-16-12-28-18(11-21(16)30-20)13-29-24(32)15-4-5-17-14-35-8-9-37(33,34)22(17)10-15/h1-7,10-12,25H,8-9,13-14H2,(H,29,32). The first-order valence-corrected chi connectivity index (χ1v) is 12.8. The van der Waals surface area contributed by atoms with Gasteiger partial charge < -0.3 is 14.8 Å². The highest BCUT2D eigenvalue weighted by molar-refractivity contribution is 7.91. The Kier molecular flexibility index (Phi) is 6.76. The molecule has 9 nitrogen and oxygen atoms in total. The molecule has 1 aliphatic heterocycles. The molecule has 0 bridgehead atoms. The number of alkyl halides is 2. The van der Waals surface area contributed by atoms with Gasteiger partial charge in [-0.2, -0.15) is 8.78 Å². The summed E-state index contributed by atoms with van der Waals surface area (Å²) in [5.41, 5.74) is 2.62. The largest absolute Gasteiger partial charge is 0.417 e. The number of hydrogen-bond donors (Lipinski definition) is 1. The lowest BCUT2D eigenvalue weighted by Crippen LogP contribution is -2.23. The van der Waals surface area contributed by atoms with Gasteiger partial charge in [0.1, 0.15) is 0 Å². The summed E-state index contributed by atoms with van der Waals surface area (Å²) in [6, 6.07) is 14.2. The third-order valence-corrected chi connectivity index (χ3v) is 7.43. The fraction of sp³-hybridized carbons (Fsp3) is 0.200. The Morgan fingerprint density at radius 3 is 2.76 bits per heavy atom. The van der Waals surface area contributed by atoms with Crippen molar-refractivity contribution in [3.63, 3.8) is 0 Å². The van der Waals surface area contributed by atoms with Crippen molar-refractivity contribution < 1.29 is 31.5 Å². The van der Waals surface area contributed by atoms with Crippen LogP contribution in [0.1, 0.15) is 21.6 Å². The number of nitrogens with zero attached hydrogens (tertiary/aromatic N) is 3. The normalized spacial score (nSPS) is 14.7. The minimum atomic E-state index is -3.54. The van der Waals surface area contributed by atoms with E-state index in [9.17, 15) is 22.0 Å². The van der Waals surface area contributed by atoms with Crippen LogP contribution in [0, 0.1) is 0 Å². The first-order valence-electron chi connectivity index (χ1n) is 11.2. The van der Waals surface area contributed by atoms with Crippen LogP contribution in [0.15, 0.2) is 65.7 Å². The molecule has 1 amide bonds. The van der Waals surface area contributed by atoms with E-state index in [0.29, 0.717) is 28.2 Å². The van der Waals surface area contributed by atoms with E-state index in [1.165, 1.54) is 12.1 Å². The molecular weight excluding hydrogens is 506 g/mol. The molecule has 4 aromatic rings. The zero-order chi connectivity index (χ0) is 26.0. The van der Waals surface area contributed by atoms with E-state index >= 15 is 0 Å². The maximum atomic E-state index is 12.8. The molecule has 37 heavy (non-hydrogen) atoms. The molecule has 5 rings (SSSR count). The van der Waals surface area contributed by atoms with Crippen LogP contribution in [0.5, 0.6) is 5.88 Å². The molecule has 0 aliphatic carbocycles. The summed E-state index contributed by atoms with van der Waals surface area (Å²) in [4.78, 5) is 25.8. The van der Waals surface area contributed by atoms with Crippen LogP contribution >= 0.6 is 0 Å². The van der Waals surface area contributed by atoms with Gasteiger partial charge in [0, 0.05) is 23.2 Å². The Morgan fingerprint density at radius 1 is 1.08 bits per heavy atom. The minimum Gasteiger partial charge on any atom is -0.417 e. The van der Waals surface area contributed by atoms with Crippen LogP contribution < -0.4 is 10.1 Å². The molecule has 0 atom stereocenters. The number of carbonyl (C=O) groups is 1. The number of amides is 1. The van der Waals surface area contributed by atoms with Crippen LogP contribution in [0.4, 0.5) is 8.78 Å². The van der Waals surface area contributed by atoms with Crippen LogP contribution in [0.25, 0.3) is 22.3 Å². The van der Waals surface area contributed by atoms with E-state index in [1.54, 1.807) is 48.7 Å². The number of halogens is 2. The first kappa shape index (κ1) is 24.7. The number of benzene rings is 1. The van der Waals surface area contributed by atoms with Gasteiger partial charge in [-0.15, -0.1) is 0 Å². The lowest BCUT2D eigenvalue weighted by Gasteiger charge is -2.10. The SMILES string of the molecule is O=C(NCc1cc2nc(-c3cccc(OC(F)F)n3)ccc2cn1)c1ccc2c(c1)S(=O)(=O)CCOC2. The molecule has 0 saturated carbocycles. The molecule has 3 aromatic heterocycles. The Balaban J connectivity index is 1.34. The Labute approximate surface area is 210 Å². The van der Waals surface area contributed by atoms with Crippen molar-refractivity contribution in [2.75, 3.05) is 12.4 Å². The molecule has 1 N–H and O–H groups in total. The average Bonchev–Trinajstić information content (AvgIpc) is 3.04. The van der Waals surface area contributed by atoms with Gasteiger partial charge in [0.25, 0.3) is 5.91 Å². The van der Waals surface area contributed by atoms with E-state index in [4.69, 9.17) is 4.74 Å². The molecule has 0 saturated heterocycles. The fourth-order valence-electron chi connectivity index (χ4n) is 3.85. The van der Waals surface area contributed by atoms with Crippen molar-refractivity contribution in [3.05, 3.63) is 77.6 Å². The van der Waals surface area contributed by atoms with E-state index < -0.39 is 22.4 Å². The van der Waals surface area contributed by atoms with E-state index in [0.717, 1.165) is 5.39 Å². The topological polar surface area (TPSA) is 120 Å². The smallest absolute Gasteiger partial charge is 0.388 e. The third-order valence-electron chi connectivity index (χ3n) is 5.67. The third kappa shape index (κ3) is 5.54. The Hall–Kier alpha value is -4.03. The Morgan fingerprint density at radius 2 is 1.92 bits per heavy atom. The number of ether oxygens (including phenoxy) is 2. The molecule has 4 heterocycles. The number of sulfone groups is 1. The van der Waals surface area contributed by atoms with Gasteiger partial charge in [0.15, 0.2) is 9.84 Å². The number of pyridine rings is 3. The molecule has 0 fully saturated rings. The highest BCUT2D eigenvalue weighted by Crippen LogP contribution is 2.24. The monoisotopic (exact) mass is 526 g/mol. The number of hydrogen-bond acceptors (Lipinski definition) is 8. The molecule has 1 aromatic carbocycles. The molecule has 0 radical (unpaired) electrons. The minimum absolute atomic E-state index is 0.0730.